The molecule has 5 heteroatoms. The molecule has 0 atom stereocenters. The van der Waals surface area contributed by atoms with Crippen molar-refractivity contribution in [3.05, 3.63) is 24.3 Å². The maximum Gasteiger partial charge on any atom is 0.0724 e. The summed E-state index contributed by atoms with van der Waals surface area (Å²) in [7, 11) is 0. The van der Waals surface area contributed by atoms with Gasteiger partial charge in [-0.25, -0.2) is 0 Å². The summed E-state index contributed by atoms with van der Waals surface area (Å²) >= 11 is 2.05. The van der Waals surface area contributed by atoms with Gasteiger partial charge < -0.3 is 10.2 Å². The van der Waals surface area contributed by atoms with Gasteiger partial charge in [-0.2, -0.15) is 11.8 Å². The lowest BCUT2D eigenvalue weighted by molar-refractivity contribution is 0.301. The average molecular weight is 238 g/mol. The number of aromatic nitrogens is 2. The minimum atomic E-state index is 0.816. The van der Waals surface area contributed by atoms with Crippen LogP contribution in [0.15, 0.2) is 18.6 Å². The van der Waals surface area contributed by atoms with Crippen LogP contribution in [-0.4, -0.2) is 52.6 Å². The normalized spacial score (nSPS) is 17.5. The Labute approximate surface area is 101 Å². The fourth-order valence-corrected chi connectivity index (χ4v) is 2.68. The van der Waals surface area contributed by atoms with E-state index in [0.29, 0.717) is 0 Å². The van der Waals surface area contributed by atoms with Crippen LogP contribution in [0.25, 0.3) is 0 Å². The van der Waals surface area contributed by atoms with Crippen LogP contribution in [-0.2, 0) is 6.54 Å². The van der Waals surface area contributed by atoms with Crippen molar-refractivity contribution in [2.24, 2.45) is 0 Å². The molecule has 1 aliphatic rings. The number of thioether (sulfide) groups is 1. The molecular weight excluding hydrogens is 220 g/mol. The Morgan fingerprint density at radius 1 is 1.31 bits per heavy atom. The highest BCUT2D eigenvalue weighted by molar-refractivity contribution is 7.99. The summed E-state index contributed by atoms with van der Waals surface area (Å²) in [6.45, 7) is 5.45. The lowest BCUT2D eigenvalue weighted by Crippen LogP contribution is -2.37. The van der Waals surface area contributed by atoms with Crippen LogP contribution in [0, 0.1) is 0 Å². The molecule has 0 spiro atoms. The highest BCUT2D eigenvalue weighted by Crippen LogP contribution is 2.07. The van der Waals surface area contributed by atoms with E-state index in [0.717, 1.165) is 25.3 Å². The fourth-order valence-electron chi connectivity index (χ4n) is 1.70. The second-order valence-corrected chi connectivity index (χ2v) is 5.05. The summed E-state index contributed by atoms with van der Waals surface area (Å²) in [5.74, 6) is 2.56. The molecule has 0 aromatic carbocycles. The maximum atomic E-state index is 4.22. The molecule has 16 heavy (non-hydrogen) atoms. The van der Waals surface area contributed by atoms with Crippen molar-refractivity contribution in [1.82, 2.24) is 20.2 Å². The van der Waals surface area contributed by atoms with Gasteiger partial charge in [0.25, 0.3) is 0 Å². The van der Waals surface area contributed by atoms with Gasteiger partial charge in [-0.05, 0) is 0 Å². The molecule has 1 N–H and O–H groups in total. The van der Waals surface area contributed by atoms with E-state index in [1.807, 2.05) is 6.20 Å². The van der Waals surface area contributed by atoms with Crippen molar-refractivity contribution in [1.29, 1.82) is 0 Å². The molecule has 0 aliphatic carbocycles. The van der Waals surface area contributed by atoms with E-state index in [1.165, 1.54) is 24.6 Å². The molecule has 1 fully saturated rings. The molecule has 0 saturated carbocycles. The third-order valence-electron chi connectivity index (χ3n) is 2.63. The highest BCUT2D eigenvalue weighted by atomic mass is 32.2. The number of nitrogens with one attached hydrogen (secondary N) is 1. The quantitative estimate of drug-likeness (QED) is 0.761. The van der Waals surface area contributed by atoms with Crippen molar-refractivity contribution in [2.45, 2.75) is 6.54 Å². The molecule has 1 saturated heterocycles. The first-order valence-corrected chi connectivity index (χ1v) is 6.86. The first-order chi connectivity index (χ1) is 7.95. The Hall–Kier alpha value is -0.650. The Morgan fingerprint density at radius 2 is 2.19 bits per heavy atom. The molecule has 0 bridgehead atoms. The van der Waals surface area contributed by atoms with Gasteiger partial charge >= 0.3 is 0 Å². The SMILES string of the molecule is c1cnc(CNCCN2CCSCC2)cn1. The minimum Gasteiger partial charge on any atom is -0.310 e. The summed E-state index contributed by atoms with van der Waals surface area (Å²) < 4.78 is 0. The van der Waals surface area contributed by atoms with Gasteiger partial charge in [0.1, 0.15) is 0 Å². The number of rotatable bonds is 5. The van der Waals surface area contributed by atoms with Crippen molar-refractivity contribution >= 4 is 11.8 Å². The van der Waals surface area contributed by atoms with E-state index >= 15 is 0 Å². The van der Waals surface area contributed by atoms with Crippen molar-refractivity contribution < 1.29 is 0 Å². The molecule has 0 unspecified atom stereocenters. The predicted molar refractivity (Wildman–Crippen MR) is 67.5 cm³/mol. The van der Waals surface area contributed by atoms with Crippen LogP contribution < -0.4 is 5.32 Å². The standard InChI is InChI=1S/C11H18N4S/c1-2-14-11(9-12-1)10-13-3-4-15-5-7-16-8-6-15/h1-2,9,13H,3-8,10H2. The van der Waals surface area contributed by atoms with Gasteiger partial charge in [0.2, 0.25) is 0 Å². The lowest BCUT2D eigenvalue weighted by Gasteiger charge is -2.26. The van der Waals surface area contributed by atoms with E-state index in [2.05, 4.69) is 31.9 Å². The first-order valence-electron chi connectivity index (χ1n) is 5.71. The average Bonchev–Trinajstić information content (AvgIpc) is 2.37. The zero-order chi connectivity index (χ0) is 11.1. The van der Waals surface area contributed by atoms with Gasteiger partial charge in [0.05, 0.1) is 5.69 Å². The molecule has 4 nitrogen and oxygen atoms in total. The van der Waals surface area contributed by atoms with E-state index in [1.54, 1.807) is 12.4 Å². The first kappa shape index (κ1) is 11.8. The fraction of sp³-hybridized carbons (Fsp3) is 0.636. The van der Waals surface area contributed by atoms with Crippen LogP contribution in [0.3, 0.4) is 0 Å². The summed E-state index contributed by atoms with van der Waals surface area (Å²) in [6.07, 6.45) is 5.25. The third kappa shape index (κ3) is 4.08. The molecule has 2 heterocycles. The maximum absolute atomic E-state index is 4.22. The van der Waals surface area contributed by atoms with Gasteiger partial charge in [-0.3, -0.25) is 9.97 Å². The van der Waals surface area contributed by atoms with Crippen molar-refractivity contribution in [3.63, 3.8) is 0 Å². The second-order valence-electron chi connectivity index (χ2n) is 3.83. The molecule has 88 valence electrons. The summed E-state index contributed by atoms with van der Waals surface area (Å²) in [6, 6.07) is 0. The lowest BCUT2D eigenvalue weighted by atomic mass is 10.4. The molecule has 0 amide bonds. The van der Waals surface area contributed by atoms with Crippen LogP contribution in [0.4, 0.5) is 0 Å². The predicted octanol–water partition coefficient (Wildman–Crippen LogP) is 0.615. The van der Waals surface area contributed by atoms with Gasteiger partial charge in [-0.15, -0.1) is 0 Å². The summed E-state index contributed by atoms with van der Waals surface area (Å²) in [5.41, 5.74) is 1.01. The summed E-state index contributed by atoms with van der Waals surface area (Å²) in [5, 5.41) is 3.40. The Kier molecular flexibility index (Phi) is 5.05. The Balaban J connectivity index is 1.58. The van der Waals surface area contributed by atoms with Crippen LogP contribution in [0.2, 0.25) is 0 Å². The number of nitrogens with zero attached hydrogens (tertiary/aromatic N) is 3. The molecule has 1 aliphatic heterocycles. The Bertz CT molecular complexity index is 287. The zero-order valence-corrected chi connectivity index (χ0v) is 10.2. The van der Waals surface area contributed by atoms with Gasteiger partial charge in [0, 0.05) is 62.8 Å². The van der Waals surface area contributed by atoms with Crippen molar-refractivity contribution in [2.75, 3.05) is 37.7 Å². The van der Waals surface area contributed by atoms with Crippen molar-refractivity contribution in [3.8, 4) is 0 Å². The van der Waals surface area contributed by atoms with Crippen LogP contribution >= 0.6 is 11.8 Å². The molecular formula is C11H18N4S. The Morgan fingerprint density at radius 3 is 2.94 bits per heavy atom. The van der Waals surface area contributed by atoms with E-state index in [-0.39, 0.29) is 0 Å². The van der Waals surface area contributed by atoms with Crippen LogP contribution in [0.5, 0.6) is 0 Å². The highest BCUT2D eigenvalue weighted by Gasteiger charge is 2.08. The van der Waals surface area contributed by atoms with E-state index in [4.69, 9.17) is 0 Å². The minimum absolute atomic E-state index is 0.816. The monoisotopic (exact) mass is 238 g/mol. The molecule has 1 aromatic rings. The number of hydrogen-bond donors (Lipinski definition) is 1. The molecule has 1 aromatic heterocycles. The van der Waals surface area contributed by atoms with E-state index in [9.17, 15) is 0 Å². The van der Waals surface area contributed by atoms with Gasteiger partial charge in [-0.1, -0.05) is 0 Å². The van der Waals surface area contributed by atoms with Crippen LogP contribution in [0.1, 0.15) is 5.69 Å². The topological polar surface area (TPSA) is 41.1 Å². The molecule has 2 rings (SSSR count). The third-order valence-corrected chi connectivity index (χ3v) is 3.57. The van der Waals surface area contributed by atoms with Gasteiger partial charge in [0.15, 0.2) is 0 Å². The smallest absolute Gasteiger partial charge is 0.0724 e. The largest absolute Gasteiger partial charge is 0.310 e. The number of hydrogen-bond acceptors (Lipinski definition) is 5. The molecule has 0 radical (unpaired) electrons. The summed E-state index contributed by atoms with van der Waals surface area (Å²) in [4.78, 5) is 10.8. The zero-order valence-electron chi connectivity index (χ0n) is 9.43. The second kappa shape index (κ2) is 6.83. The van der Waals surface area contributed by atoms with E-state index < -0.39 is 0 Å².